The monoisotopic (exact) mass is 365 g/mol. The number of benzene rings is 2. The molecular weight excluding hydrogens is 350 g/mol. The molecule has 126 valence electrons. The van der Waals surface area contributed by atoms with Gasteiger partial charge >= 0.3 is 0 Å². The molecule has 0 spiro atoms. The zero-order valence-electron chi connectivity index (χ0n) is 13.1. The normalized spacial score (nSPS) is 11.5. The third-order valence-electron chi connectivity index (χ3n) is 2.83. The first-order valence-corrected chi connectivity index (χ1v) is 9.24. The number of rotatable bonds is 6. The maximum atomic E-state index is 11.4. The fourth-order valence-corrected chi connectivity index (χ4v) is 2.65. The predicted octanol–water partition coefficient (Wildman–Crippen LogP) is 4.11. The molecule has 0 bridgehead atoms. The molecule has 0 fully saturated rings. The van der Waals surface area contributed by atoms with Gasteiger partial charge in [-0.3, -0.25) is 9.52 Å². The van der Waals surface area contributed by atoms with E-state index in [-0.39, 0.29) is 5.78 Å². The summed E-state index contributed by atoms with van der Waals surface area (Å²) in [5.41, 5.74) is 0.929. The van der Waals surface area contributed by atoms with Crippen LogP contribution < -0.4 is 9.46 Å². The Hall–Kier alpha value is -2.31. The average molecular weight is 366 g/mol. The first kappa shape index (κ1) is 18.0. The van der Waals surface area contributed by atoms with Crippen molar-refractivity contribution in [1.82, 2.24) is 0 Å². The van der Waals surface area contributed by atoms with Crippen LogP contribution in [-0.4, -0.2) is 20.5 Å². The second kappa shape index (κ2) is 7.51. The summed E-state index contributed by atoms with van der Waals surface area (Å²) in [5.74, 6) is 0.864. The van der Waals surface area contributed by atoms with E-state index in [0.29, 0.717) is 27.8 Å². The van der Waals surface area contributed by atoms with Crippen LogP contribution in [0.1, 0.15) is 12.5 Å². The number of hydrogen-bond donors (Lipinski definition) is 1. The number of allylic oxidation sites excluding steroid dienone is 1. The Bertz CT molecular complexity index is 891. The molecule has 0 aromatic heterocycles. The van der Waals surface area contributed by atoms with Crippen molar-refractivity contribution in [2.45, 2.75) is 6.92 Å². The number of carbonyl (C=O) groups excluding carboxylic acids is 1. The fourth-order valence-electron chi connectivity index (χ4n) is 1.91. The molecule has 5 nitrogen and oxygen atoms in total. The Kier molecular flexibility index (Phi) is 5.64. The van der Waals surface area contributed by atoms with E-state index in [2.05, 4.69) is 4.72 Å². The van der Waals surface area contributed by atoms with Crippen molar-refractivity contribution in [2.24, 2.45) is 0 Å². The van der Waals surface area contributed by atoms with Crippen molar-refractivity contribution in [3.8, 4) is 11.5 Å². The summed E-state index contributed by atoms with van der Waals surface area (Å²) in [6.07, 6.45) is 4.01. The lowest BCUT2D eigenvalue weighted by molar-refractivity contribution is -0.112. The molecule has 0 heterocycles. The molecule has 24 heavy (non-hydrogen) atoms. The van der Waals surface area contributed by atoms with Gasteiger partial charge in [-0.2, -0.15) is 0 Å². The number of sulfonamides is 1. The summed E-state index contributed by atoms with van der Waals surface area (Å²) in [4.78, 5) is 11.2. The molecule has 0 saturated carbocycles. The van der Waals surface area contributed by atoms with Crippen molar-refractivity contribution in [3.05, 3.63) is 59.1 Å². The minimum atomic E-state index is -3.40. The number of nitrogens with one attached hydrogen (secondary N) is 1. The van der Waals surface area contributed by atoms with E-state index >= 15 is 0 Å². The van der Waals surface area contributed by atoms with Crippen LogP contribution in [0.25, 0.3) is 6.08 Å². The molecule has 1 N–H and O–H groups in total. The van der Waals surface area contributed by atoms with E-state index in [4.69, 9.17) is 16.3 Å². The van der Waals surface area contributed by atoms with Crippen molar-refractivity contribution >= 4 is 39.2 Å². The first-order chi connectivity index (χ1) is 11.2. The zero-order valence-corrected chi connectivity index (χ0v) is 14.7. The van der Waals surface area contributed by atoms with Crippen LogP contribution in [0.3, 0.4) is 0 Å². The summed E-state index contributed by atoms with van der Waals surface area (Å²) >= 11 is 5.94. The highest BCUT2D eigenvalue weighted by molar-refractivity contribution is 7.92. The summed E-state index contributed by atoms with van der Waals surface area (Å²) in [6, 6.07) is 11.7. The lowest BCUT2D eigenvalue weighted by atomic mass is 10.1. The third-order valence-corrected chi connectivity index (χ3v) is 3.68. The zero-order chi connectivity index (χ0) is 17.7. The summed E-state index contributed by atoms with van der Waals surface area (Å²) in [7, 11) is -3.40. The Labute approximate surface area is 146 Å². The van der Waals surface area contributed by atoms with Gasteiger partial charge in [0.25, 0.3) is 0 Å². The molecule has 0 aliphatic rings. The molecule has 0 radical (unpaired) electrons. The molecule has 2 rings (SSSR count). The molecule has 0 amide bonds. The maximum absolute atomic E-state index is 11.4. The van der Waals surface area contributed by atoms with E-state index in [0.717, 1.165) is 6.26 Å². The predicted molar refractivity (Wildman–Crippen MR) is 96.1 cm³/mol. The molecule has 0 aliphatic carbocycles. The Morgan fingerprint density at radius 1 is 1.21 bits per heavy atom. The summed E-state index contributed by atoms with van der Waals surface area (Å²) in [5, 5.41) is 0.531. The Balaban J connectivity index is 2.40. The number of carbonyl (C=O) groups is 1. The molecule has 0 atom stereocenters. The van der Waals surface area contributed by atoms with Gasteiger partial charge in [0.05, 0.1) is 6.26 Å². The van der Waals surface area contributed by atoms with Crippen molar-refractivity contribution < 1.29 is 17.9 Å². The van der Waals surface area contributed by atoms with Crippen molar-refractivity contribution in [3.63, 3.8) is 0 Å². The van der Waals surface area contributed by atoms with Gasteiger partial charge in [-0.1, -0.05) is 17.7 Å². The maximum Gasteiger partial charge on any atom is 0.229 e. The van der Waals surface area contributed by atoms with Crippen LogP contribution in [-0.2, 0) is 14.8 Å². The van der Waals surface area contributed by atoms with E-state index in [1.807, 2.05) is 0 Å². The van der Waals surface area contributed by atoms with Crippen LogP contribution in [0.5, 0.6) is 11.5 Å². The molecule has 0 unspecified atom stereocenters. The lowest BCUT2D eigenvalue weighted by Crippen LogP contribution is -2.09. The Morgan fingerprint density at radius 2 is 1.96 bits per heavy atom. The standard InChI is InChI=1S/C17H16ClNO4S/c1-12(20)6-7-13-10-15(19-24(2,21)22)8-9-17(13)23-16-5-3-4-14(18)11-16/h3-11,19H,1-2H3/b7-6+. The van der Waals surface area contributed by atoms with Gasteiger partial charge < -0.3 is 4.74 Å². The molecular formula is C17H16ClNO4S. The molecule has 0 saturated heterocycles. The van der Waals surface area contributed by atoms with E-state index in [1.165, 1.54) is 13.0 Å². The minimum Gasteiger partial charge on any atom is -0.457 e. The number of halogens is 1. The van der Waals surface area contributed by atoms with Crippen molar-refractivity contribution in [2.75, 3.05) is 11.0 Å². The topological polar surface area (TPSA) is 72.5 Å². The number of ketones is 1. The minimum absolute atomic E-state index is 0.134. The molecule has 2 aromatic rings. The van der Waals surface area contributed by atoms with Crippen molar-refractivity contribution in [1.29, 1.82) is 0 Å². The SMILES string of the molecule is CC(=O)/C=C/c1cc(NS(C)(=O)=O)ccc1Oc1cccc(Cl)c1. The third kappa shape index (κ3) is 5.72. The van der Waals surface area contributed by atoms with Gasteiger partial charge in [-0.15, -0.1) is 0 Å². The highest BCUT2D eigenvalue weighted by atomic mass is 35.5. The molecule has 7 heteroatoms. The first-order valence-electron chi connectivity index (χ1n) is 6.97. The Morgan fingerprint density at radius 3 is 2.58 bits per heavy atom. The van der Waals surface area contributed by atoms with Gasteiger partial charge in [0, 0.05) is 16.3 Å². The second-order valence-electron chi connectivity index (χ2n) is 5.13. The number of hydrogen-bond acceptors (Lipinski definition) is 4. The summed E-state index contributed by atoms with van der Waals surface area (Å²) in [6.45, 7) is 1.42. The quantitative estimate of drug-likeness (QED) is 0.782. The largest absolute Gasteiger partial charge is 0.457 e. The average Bonchev–Trinajstić information content (AvgIpc) is 2.45. The van der Waals surface area contributed by atoms with E-state index < -0.39 is 10.0 Å². The van der Waals surface area contributed by atoms with Crippen LogP contribution in [0.4, 0.5) is 5.69 Å². The number of anilines is 1. The van der Waals surface area contributed by atoms with Gasteiger partial charge in [-0.05, 0) is 55.5 Å². The van der Waals surface area contributed by atoms with Crippen LogP contribution in [0, 0.1) is 0 Å². The highest BCUT2D eigenvalue weighted by Gasteiger charge is 2.08. The van der Waals surface area contributed by atoms with Crippen LogP contribution >= 0.6 is 11.6 Å². The van der Waals surface area contributed by atoms with Gasteiger partial charge in [-0.25, -0.2) is 8.42 Å². The smallest absolute Gasteiger partial charge is 0.229 e. The van der Waals surface area contributed by atoms with E-state index in [1.54, 1.807) is 48.5 Å². The number of ether oxygens (including phenoxy) is 1. The van der Waals surface area contributed by atoms with Gasteiger partial charge in [0.2, 0.25) is 10.0 Å². The second-order valence-corrected chi connectivity index (χ2v) is 7.32. The van der Waals surface area contributed by atoms with Gasteiger partial charge in [0.15, 0.2) is 5.78 Å². The van der Waals surface area contributed by atoms with Crippen LogP contribution in [0.2, 0.25) is 5.02 Å². The molecule has 0 aliphatic heterocycles. The fraction of sp³-hybridized carbons (Fsp3) is 0.118. The molecule has 2 aromatic carbocycles. The summed E-state index contributed by atoms with van der Waals surface area (Å²) < 4.78 is 30.9. The van der Waals surface area contributed by atoms with Crippen LogP contribution in [0.15, 0.2) is 48.5 Å². The van der Waals surface area contributed by atoms with Gasteiger partial charge in [0.1, 0.15) is 11.5 Å². The highest BCUT2D eigenvalue weighted by Crippen LogP contribution is 2.30. The van der Waals surface area contributed by atoms with E-state index in [9.17, 15) is 13.2 Å². The lowest BCUT2D eigenvalue weighted by Gasteiger charge is -2.11.